The Morgan fingerprint density at radius 1 is 1.23 bits per heavy atom. The molecule has 1 amide bonds. The molecule has 4 rings (SSSR count). The third kappa shape index (κ3) is 2.89. The highest BCUT2D eigenvalue weighted by Gasteiger charge is 2.34. The predicted octanol–water partition coefficient (Wildman–Crippen LogP) is 1.96. The van der Waals surface area contributed by atoms with E-state index in [0.29, 0.717) is 10.9 Å². The summed E-state index contributed by atoms with van der Waals surface area (Å²) in [6, 6.07) is 13.4. The Morgan fingerprint density at radius 2 is 2.00 bits per heavy atom. The smallest absolute Gasteiger partial charge is 0.276 e. The molecule has 2 aliphatic heterocycles. The van der Waals surface area contributed by atoms with Gasteiger partial charge in [-0.25, -0.2) is 5.01 Å². The summed E-state index contributed by atoms with van der Waals surface area (Å²) in [5.41, 5.74) is 1.42. The van der Waals surface area contributed by atoms with E-state index in [9.17, 15) is 4.79 Å². The zero-order valence-corrected chi connectivity index (χ0v) is 16.5. The first-order valence-electron chi connectivity index (χ1n) is 7.85. The summed E-state index contributed by atoms with van der Waals surface area (Å²) in [5.74, 6) is 0.583. The second-order valence-electron chi connectivity index (χ2n) is 5.69. The summed E-state index contributed by atoms with van der Waals surface area (Å²) in [5, 5.41) is 11.2. The Bertz CT molecular complexity index is 1040. The van der Waals surface area contributed by atoms with Gasteiger partial charge in [-0.1, -0.05) is 39.8 Å². The molecular weight excluding hydrogens is 416 g/mol. The molecule has 6 nitrogen and oxygen atoms in total. The summed E-state index contributed by atoms with van der Waals surface area (Å²) < 4.78 is 6.12. The first kappa shape index (κ1) is 17.1. The lowest BCUT2D eigenvalue weighted by Gasteiger charge is -2.34. The van der Waals surface area contributed by atoms with Gasteiger partial charge >= 0.3 is 0 Å². The van der Waals surface area contributed by atoms with Crippen molar-refractivity contribution in [1.29, 1.82) is 0 Å². The molecule has 2 heterocycles. The molecular formula is C18H15BrN4O2S. The number of amides is 1. The van der Waals surface area contributed by atoms with Gasteiger partial charge in [0.15, 0.2) is 11.3 Å². The summed E-state index contributed by atoms with van der Waals surface area (Å²) in [6.45, 7) is 0. The van der Waals surface area contributed by atoms with Crippen LogP contribution in [-0.2, 0) is 4.79 Å². The Hall–Kier alpha value is -2.32. The van der Waals surface area contributed by atoms with Gasteiger partial charge in [-0.05, 0) is 42.2 Å². The van der Waals surface area contributed by atoms with E-state index < -0.39 is 6.17 Å². The van der Waals surface area contributed by atoms with Gasteiger partial charge in [-0.15, -0.1) is 5.10 Å². The van der Waals surface area contributed by atoms with Crippen LogP contribution in [0.4, 0.5) is 0 Å². The van der Waals surface area contributed by atoms with Gasteiger partial charge in [0.05, 0.1) is 12.5 Å². The van der Waals surface area contributed by atoms with Crippen molar-refractivity contribution in [3.05, 3.63) is 63.1 Å². The van der Waals surface area contributed by atoms with E-state index in [0.717, 1.165) is 26.4 Å². The van der Waals surface area contributed by atoms with E-state index >= 15 is 0 Å². The van der Waals surface area contributed by atoms with Crippen LogP contribution in [0.5, 0.6) is 5.75 Å². The maximum atomic E-state index is 12.8. The van der Waals surface area contributed by atoms with E-state index in [2.05, 4.69) is 26.3 Å². The van der Waals surface area contributed by atoms with E-state index in [1.54, 1.807) is 12.1 Å². The molecule has 0 saturated heterocycles. The van der Waals surface area contributed by atoms with Crippen molar-refractivity contribution in [2.45, 2.75) is 6.17 Å². The molecule has 1 atom stereocenters. The number of nitrogens with one attached hydrogen (secondary N) is 1. The molecule has 0 bridgehead atoms. The van der Waals surface area contributed by atoms with E-state index in [1.165, 1.54) is 11.8 Å². The predicted molar refractivity (Wildman–Crippen MR) is 105 cm³/mol. The van der Waals surface area contributed by atoms with Crippen LogP contribution in [0.1, 0.15) is 11.7 Å². The minimum atomic E-state index is -0.419. The lowest BCUT2D eigenvalue weighted by Crippen LogP contribution is -2.50. The number of benzene rings is 2. The zero-order chi connectivity index (χ0) is 18.3. The third-order valence-electron chi connectivity index (χ3n) is 4.18. The van der Waals surface area contributed by atoms with Crippen molar-refractivity contribution in [1.82, 2.24) is 10.3 Å². The fourth-order valence-electron chi connectivity index (χ4n) is 2.94. The van der Waals surface area contributed by atoms with Gasteiger partial charge in [0.1, 0.15) is 11.4 Å². The summed E-state index contributed by atoms with van der Waals surface area (Å²) >= 11 is 4.85. The Labute approximate surface area is 162 Å². The minimum Gasteiger partial charge on any atom is -0.497 e. The Balaban J connectivity index is 1.95. The van der Waals surface area contributed by atoms with Crippen LogP contribution in [0.3, 0.4) is 0 Å². The highest BCUT2D eigenvalue weighted by molar-refractivity contribution is 9.10. The standard InChI is InChI=1S/C18H15BrN4O2S/c1-25-12-6-3-10(4-7-12)16-20-14-8-5-11(19)9-13(14)15-17(24)21-18(26-2)22-23(15)16/h3-9,16H,1-2H3,(H,21,22,24)/t16-/m0/s1. The molecule has 0 spiro atoms. The topological polar surface area (TPSA) is 66.3 Å². The van der Waals surface area contributed by atoms with E-state index in [1.807, 2.05) is 48.7 Å². The monoisotopic (exact) mass is 430 g/mol. The second kappa shape index (κ2) is 6.77. The maximum Gasteiger partial charge on any atom is 0.276 e. The molecule has 26 heavy (non-hydrogen) atoms. The highest BCUT2D eigenvalue weighted by Crippen LogP contribution is 2.31. The van der Waals surface area contributed by atoms with Crippen molar-refractivity contribution in [3.63, 3.8) is 0 Å². The number of hydrazone groups is 1. The number of carbonyl (C=O) groups excluding carboxylic acids is 1. The molecule has 1 N–H and O–H groups in total. The summed E-state index contributed by atoms with van der Waals surface area (Å²) in [4.78, 5) is 17.6. The number of ether oxygens (including phenoxy) is 1. The lowest BCUT2D eigenvalue weighted by atomic mass is 10.1. The molecule has 0 aliphatic carbocycles. The molecule has 2 aliphatic rings. The first-order valence-corrected chi connectivity index (χ1v) is 9.87. The molecule has 0 unspecified atom stereocenters. The van der Waals surface area contributed by atoms with Crippen LogP contribution in [0.2, 0.25) is 0 Å². The van der Waals surface area contributed by atoms with Gasteiger partial charge in [0.25, 0.3) is 5.91 Å². The number of methoxy groups -OCH3 is 1. The molecule has 0 aromatic heterocycles. The van der Waals surface area contributed by atoms with Crippen molar-refractivity contribution < 1.29 is 9.53 Å². The largest absolute Gasteiger partial charge is 0.497 e. The average Bonchev–Trinajstić information content (AvgIpc) is 2.67. The first-order chi connectivity index (χ1) is 12.6. The van der Waals surface area contributed by atoms with Crippen molar-refractivity contribution >= 4 is 44.5 Å². The zero-order valence-electron chi connectivity index (χ0n) is 14.1. The van der Waals surface area contributed by atoms with Crippen LogP contribution in [0.25, 0.3) is 5.70 Å². The van der Waals surface area contributed by atoms with Crippen LogP contribution in [0.15, 0.2) is 57.0 Å². The molecule has 0 saturated carbocycles. The molecule has 0 fully saturated rings. The molecule has 132 valence electrons. The molecule has 0 radical (unpaired) electrons. The van der Waals surface area contributed by atoms with Gasteiger partial charge in [0, 0.05) is 9.69 Å². The van der Waals surface area contributed by atoms with Crippen molar-refractivity contribution in [2.24, 2.45) is 10.1 Å². The van der Waals surface area contributed by atoms with Crippen molar-refractivity contribution in [2.75, 3.05) is 13.4 Å². The van der Waals surface area contributed by atoms with Crippen LogP contribution in [-0.4, -0.2) is 29.4 Å². The number of fused-ring (bicyclic) bond motifs is 2. The van der Waals surface area contributed by atoms with Crippen LogP contribution in [0, 0.1) is 0 Å². The lowest BCUT2D eigenvalue weighted by molar-refractivity contribution is -0.116. The Kier molecular flexibility index (Phi) is 4.46. The maximum absolute atomic E-state index is 12.8. The number of carbonyl (C=O) groups is 1. The number of hydrogen-bond acceptors (Lipinski definition) is 6. The second-order valence-corrected chi connectivity index (χ2v) is 7.40. The van der Waals surface area contributed by atoms with E-state index in [4.69, 9.17) is 9.73 Å². The van der Waals surface area contributed by atoms with Gasteiger partial charge in [0.2, 0.25) is 0 Å². The molecule has 2 aromatic rings. The van der Waals surface area contributed by atoms with Crippen molar-refractivity contribution in [3.8, 4) is 5.75 Å². The fourth-order valence-corrected chi connectivity index (χ4v) is 3.66. The number of amidine groups is 1. The highest BCUT2D eigenvalue weighted by atomic mass is 79.9. The van der Waals surface area contributed by atoms with Crippen LogP contribution < -0.4 is 20.6 Å². The minimum absolute atomic E-state index is 0.183. The van der Waals surface area contributed by atoms with E-state index in [-0.39, 0.29) is 5.91 Å². The SMILES string of the molecule is COc1ccc([C@H]2N=c3ccc(Br)cc3=C3C(=O)NC(SC)=NN32)cc1. The normalized spacial score (nSPS) is 18.3. The number of hydrogen-bond donors (Lipinski definition) is 1. The summed E-state index contributed by atoms with van der Waals surface area (Å²) in [6.07, 6.45) is 1.45. The number of thioether (sulfide) groups is 1. The number of nitrogens with zero attached hydrogens (tertiary/aromatic N) is 3. The third-order valence-corrected chi connectivity index (χ3v) is 5.24. The number of rotatable bonds is 2. The quantitative estimate of drug-likeness (QED) is 0.790. The Morgan fingerprint density at radius 3 is 2.69 bits per heavy atom. The number of halogens is 1. The van der Waals surface area contributed by atoms with Gasteiger partial charge in [-0.3, -0.25) is 15.1 Å². The average molecular weight is 431 g/mol. The molecule has 8 heteroatoms. The fraction of sp³-hybridized carbons (Fsp3) is 0.167. The van der Waals surface area contributed by atoms with Crippen LogP contribution >= 0.6 is 27.7 Å². The van der Waals surface area contributed by atoms with Gasteiger partial charge < -0.3 is 4.74 Å². The molecule has 2 aromatic carbocycles. The summed E-state index contributed by atoms with van der Waals surface area (Å²) in [7, 11) is 1.63. The van der Waals surface area contributed by atoms with Gasteiger partial charge in [-0.2, -0.15) is 0 Å².